The van der Waals surface area contributed by atoms with E-state index in [0.29, 0.717) is 41.2 Å². The Labute approximate surface area is 173 Å². The maximum Gasteiger partial charge on any atom is 0.223 e. The number of thiocarbonyl (C=S) groups is 1. The van der Waals surface area contributed by atoms with Crippen molar-refractivity contribution in [2.24, 2.45) is 5.73 Å². The highest BCUT2D eigenvalue weighted by molar-refractivity contribution is 7.80. The molecule has 29 heavy (non-hydrogen) atoms. The van der Waals surface area contributed by atoms with Crippen molar-refractivity contribution in [3.05, 3.63) is 59.0 Å². The lowest BCUT2D eigenvalue weighted by atomic mass is 9.90. The summed E-state index contributed by atoms with van der Waals surface area (Å²) in [7, 11) is 1.62. The summed E-state index contributed by atoms with van der Waals surface area (Å²) < 4.78 is 21.5. The van der Waals surface area contributed by atoms with Gasteiger partial charge in [-0.2, -0.15) is 4.98 Å². The first kappa shape index (κ1) is 19.4. The average molecular weight is 411 g/mol. The number of nitrogens with zero attached hydrogens (tertiary/aromatic N) is 2. The van der Waals surface area contributed by atoms with E-state index in [2.05, 4.69) is 10.1 Å². The highest BCUT2D eigenvalue weighted by atomic mass is 32.1. The SMILES string of the molecule is COc1cc(C(Cc2ccc(-c3noc(C)n3)cc2)C(N)=S)cc2c1OCOC2. The van der Waals surface area contributed by atoms with E-state index in [1.54, 1.807) is 14.0 Å². The molecule has 7 nitrogen and oxygen atoms in total. The standard InChI is InChI=1S/C21H21N3O4S/c1-12-23-21(24-28-12)14-5-3-13(4-6-14)7-17(20(22)29)15-8-16-10-26-11-27-19(16)18(9-15)25-2/h3-6,8-9,17H,7,10-11H2,1-2H3,(H2,22,29). The van der Waals surface area contributed by atoms with Gasteiger partial charge in [0.25, 0.3) is 0 Å². The molecule has 150 valence electrons. The Hall–Kier alpha value is -2.97. The van der Waals surface area contributed by atoms with Crippen molar-refractivity contribution in [3.63, 3.8) is 0 Å². The summed E-state index contributed by atoms with van der Waals surface area (Å²) >= 11 is 5.38. The Morgan fingerprint density at radius 3 is 2.72 bits per heavy atom. The summed E-state index contributed by atoms with van der Waals surface area (Å²) in [5.74, 6) is 2.32. The van der Waals surface area contributed by atoms with E-state index in [1.165, 1.54) is 0 Å². The van der Waals surface area contributed by atoms with E-state index in [9.17, 15) is 0 Å². The summed E-state index contributed by atoms with van der Waals surface area (Å²) in [6.45, 7) is 2.44. The number of nitrogens with two attached hydrogens (primary N) is 1. The molecule has 1 aliphatic rings. The quantitative estimate of drug-likeness (QED) is 0.616. The molecule has 1 atom stereocenters. The molecule has 2 heterocycles. The van der Waals surface area contributed by atoms with Crippen LogP contribution in [0.3, 0.4) is 0 Å². The number of hydrogen-bond donors (Lipinski definition) is 1. The molecule has 0 saturated heterocycles. The highest BCUT2D eigenvalue weighted by Gasteiger charge is 2.23. The van der Waals surface area contributed by atoms with Crippen molar-refractivity contribution >= 4 is 17.2 Å². The number of benzene rings is 2. The third-order valence-corrected chi connectivity index (χ3v) is 5.13. The Morgan fingerprint density at radius 1 is 1.28 bits per heavy atom. The molecule has 2 aromatic carbocycles. The van der Waals surface area contributed by atoms with Gasteiger partial charge in [-0.25, -0.2) is 0 Å². The van der Waals surface area contributed by atoms with Crippen molar-refractivity contribution in [1.29, 1.82) is 0 Å². The smallest absolute Gasteiger partial charge is 0.223 e. The molecule has 0 saturated carbocycles. The molecule has 2 N–H and O–H groups in total. The number of aryl methyl sites for hydroxylation is 1. The van der Waals surface area contributed by atoms with Crippen LogP contribution in [0.2, 0.25) is 0 Å². The van der Waals surface area contributed by atoms with Crippen LogP contribution in [-0.2, 0) is 17.8 Å². The minimum absolute atomic E-state index is 0.149. The van der Waals surface area contributed by atoms with Crippen LogP contribution in [0.25, 0.3) is 11.4 Å². The second kappa shape index (κ2) is 8.18. The Morgan fingerprint density at radius 2 is 2.07 bits per heavy atom. The summed E-state index contributed by atoms with van der Waals surface area (Å²) in [5, 5.41) is 3.95. The zero-order valence-corrected chi connectivity index (χ0v) is 17.0. The number of fused-ring (bicyclic) bond motifs is 1. The normalized spacial score (nSPS) is 14.0. The van der Waals surface area contributed by atoms with Gasteiger partial charge in [-0.05, 0) is 29.7 Å². The second-order valence-electron chi connectivity index (χ2n) is 6.82. The van der Waals surface area contributed by atoms with Gasteiger partial charge in [-0.1, -0.05) is 41.6 Å². The summed E-state index contributed by atoms with van der Waals surface area (Å²) in [6, 6.07) is 11.9. The topological polar surface area (TPSA) is 92.6 Å². The minimum atomic E-state index is -0.149. The highest BCUT2D eigenvalue weighted by Crippen LogP contribution is 2.38. The summed E-state index contributed by atoms with van der Waals surface area (Å²) in [5.41, 5.74) is 9.99. The second-order valence-corrected chi connectivity index (χ2v) is 7.29. The molecule has 0 amide bonds. The average Bonchev–Trinajstić information content (AvgIpc) is 3.17. The third-order valence-electron chi connectivity index (χ3n) is 4.84. The van der Waals surface area contributed by atoms with E-state index in [4.69, 9.17) is 36.7 Å². The number of rotatable bonds is 6. The van der Waals surface area contributed by atoms with E-state index in [0.717, 1.165) is 22.3 Å². The van der Waals surface area contributed by atoms with Gasteiger partial charge in [0.15, 0.2) is 18.3 Å². The van der Waals surface area contributed by atoms with E-state index in [1.807, 2.05) is 36.4 Å². The van der Waals surface area contributed by atoms with Gasteiger partial charge < -0.3 is 24.5 Å². The molecule has 1 aliphatic heterocycles. The van der Waals surface area contributed by atoms with Gasteiger partial charge in [0, 0.05) is 24.0 Å². The van der Waals surface area contributed by atoms with Gasteiger partial charge >= 0.3 is 0 Å². The zero-order chi connectivity index (χ0) is 20.4. The third kappa shape index (κ3) is 4.08. The zero-order valence-electron chi connectivity index (χ0n) is 16.2. The van der Waals surface area contributed by atoms with Crippen LogP contribution >= 0.6 is 12.2 Å². The predicted molar refractivity (Wildman–Crippen MR) is 111 cm³/mol. The largest absolute Gasteiger partial charge is 0.493 e. The van der Waals surface area contributed by atoms with Crippen molar-refractivity contribution in [2.45, 2.75) is 25.9 Å². The van der Waals surface area contributed by atoms with Crippen LogP contribution in [0, 0.1) is 6.92 Å². The van der Waals surface area contributed by atoms with Crippen LogP contribution in [0.15, 0.2) is 40.9 Å². The summed E-state index contributed by atoms with van der Waals surface area (Å²) in [6.07, 6.45) is 0.657. The monoisotopic (exact) mass is 411 g/mol. The van der Waals surface area contributed by atoms with Crippen LogP contribution in [0.1, 0.15) is 28.5 Å². The van der Waals surface area contributed by atoms with Crippen LogP contribution in [0.4, 0.5) is 0 Å². The van der Waals surface area contributed by atoms with Gasteiger partial charge in [0.2, 0.25) is 11.7 Å². The number of hydrogen-bond acceptors (Lipinski definition) is 7. The number of methoxy groups -OCH3 is 1. The lowest BCUT2D eigenvalue weighted by molar-refractivity contribution is -0.0180. The molecule has 0 spiro atoms. The van der Waals surface area contributed by atoms with Gasteiger partial charge in [0.1, 0.15) is 0 Å². The maximum absolute atomic E-state index is 6.10. The van der Waals surface area contributed by atoms with Crippen molar-refractivity contribution in [3.8, 4) is 22.9 Å². The molecule has 0 radical (unpaired) electrons. The minimum Gasteiger partial charge on any atom is -0.493 e. The molecule has 0 aliphatic carbocycles. The van der Waals surface area contributed by atoms with Gasteiger partial charge in [-0.15, -0.1) is 0 Å². The Balaban J connectivity index is 1.61. The molecule has 1 aromatic heterocycles. The fraction of sp³-hybridized carbons (Fsp3) is 0.286. The molecular weight excluding hydrogens is 390 g/mol. The fourth-order valence-corrected chi connectivity index (χ4v) is 3.60. The van der Waals surface area contributed by atoms with Crippen LogP contribution < -0.4 is 15.2 Å². The fourth-order valence-electron chi connectivity index (χ4n) is 3.38. The van der Waals surface area contributed by atoms with Crippen LogP contribution in [0.5, 0.6) is 11.5 Å². The van der Waals surface area contributed by atoms with Crippen molar-refractivity contribution < 1.29 is 18.7 Å². The molecular formula is C21H21N3O4S. The van der Waals surface area contributed by atoms with E-state index < -0.39 is 0 Å². The van der Waals surface area contributed by atoms with E-state index in [-0.39, 0.29) is 12.7 Å². The Kier molecular flexibility index (Phi) is 5.46. The van der Waals surface area contributed by atoms with E-state index >= 15 is 0 Å². The lowest BCUT2D eigenvalue weighted by Crippen LogP contribution is -2.22. The molecule has 1 unspecified atom stereocenters. The predicted octanol–water partition coefficient (Wildman–Crippen LogP) is 3.53. The number of ether oxygens (including phenoxy) is 3. The Bertz CT molecular complexity index is 1020. The first-order chi connectivity index (χ1) is 14.0. The summed E-state index contributed by atoms with van der Waals surface area (Å²) in [4.78, 5) is 4.67. The van der Waals surface area contributed by atoms with Gasteiger partial charge in [-0.3, -0.25) is 0 Å². The first-order valence-corrected chi connectivity index (χ1v) is 9.56. The molecule has 8 heteroatoms. The van der Waals surface area contributed by atoms with Gasteiger partial charge in [0.05, 0.1) is 18.7 Å². The molecule has 3 aromatic rings. The maximum atomic E-state index is 6.10. The number of aromatic nitrogens is 2. The van der Waals surface area contributed by atoms with Crippen LogP contribution in [-0.4, -0.2) is 29.0 Å². The van der Waals surface area contributed by atoms with Crippen molar-refractivity contribution in [1.82, 2.24) is 10.1 Å². The molecule has 0 fully saturated rings. The molecule has 0 bridgehead atoms. The first-order valence-electron chi connectivity index (χ1n) is 9.15. The lowest BCUT2D eigenvalue weighted by Gasteiger charge is -2.24. The molecule has 4 rings (SSSR count). The van der Waals surface area contributed by atoms with Crippen molar-refractivity contribution in [2.75, 3.05) is 13.9 Å².